The average Bonchev–Trinajstić information content (AvgIpc) is 2.94. The Bertz CT molecular complexity index is 862. The third kappa shape index (κ3) is 1.43. The Hall–Kier alpha value is -1.87. The molecule has 0 aliphatic carbocycles. The van der Waals surface area contributed by atoms with E-state index in [1.807, 2.05) is 10.6 Å². The second kappa shape index (κ2) is 4.35. The molecule has 0 spiro atoms. The number of nitrogens with zero attached hydrogens (tertiary/aromatic N) is 2. The third-order valence-corrected chi connectivity index (χ3v) is 6.58. The summed E-state index contributed by atoms with van der Waals surface area (Å²) in [5.41, 5.74) is 4.52. The molecule has 2 atom stereocenters. The van der Waals surface area contributed by atoms with Crippen molar-refractivity contribution < 1.29 is 4.79 Å². The quantitative estimate of drug-likeness (QED) is 0.746. The minimum absolute atomic E-state index is 0.0606. The molecule has 118 valence electrons. The largest absolute Gasteiger partial charge is 0.294 e. The molecule has 0 amide bonds. The Labute approximate surface area is 136 Å². The van der Waals surface area contributed by atoms with Crippen LogP contribution >= 0.6 is 0 Å². The summed E-state index contributed by atoms with van der Waals surface area (Å²) in [7, 11) is 0. The van der Waals surface area contributed by atoms with E-state index < -0.39 is 0 Å². The Kier molecular flexibility index (Phi) is 2.57. The Morgan fingerprint density at radius 3 is 2.96 bits per heavy atom. The molecule has 2 aromatic rings. The Morgan fingerprint density at radius 1 is 1.30 bits per heavy atom. The lowest BCUT2D eigenvalue weighted by molar-refractivity contribution is 0.0112. The number of carbonyl (C=O) groups is 1. The van der Waals surface area contributed by atoms with Crippen LogP contribution in [0.15, 0.2) is 36.4 Å². The molecule has 0 radical (unpaired) electrons. The zero-order valence-electron chi connectivity index (χ0n) is 13.6. The summed E-state index contributed by atoms with van der Waals surface area (Å²) in [6.45, 7) is 8.78. The van der Waals surface area contributed by atoms with E-state index >= 15 is 0 Å². The van der Waals surface area contributed by atoms with Gasteiger partial charge in [-0.1, -0.05) is 31.7 Å². The zero-order valence-corrected chi connectivity index (χ0v) is 13.6. The molecule has 3 nitrogen and oxygen atoms in total. The van der Waals surface area contributed by atoms with Crippen LogP contribution < -0.4 is 0 Å². The predicted octanol–water partition coefficient (Wildman–Crippen LogP) is 3.94. The van der Waals surface area contributed by atoms with Gasteiger partial charge in [-0.15, -0.1) is 0 Å². The van der Waals surface area contributed by atoms with Gasteiger partial charge in [0.05, 0.1) is 11.6 Å². The summed E-state index contributed by atoms with van der Waals surface area (Å²) < 4.78 is 1.99. The van der Waals surface area contributed by atoms with E-state index in [9.17, 15) is 4.79 Å². The molecule has 0 N–H and O–H groups in total. The van der Waals surface area contributed by atoms with E-state index in [0.29, 0.717) is 6.04 Å². The molecule has 0 bridgehead atoms. The van der Waals surface area contributed by atoms with Gasteiger partial charge in [-0.25, -0.2) is 0 Å². The van der Waals surface area contributed by atoms with E-state index in [2.05, 4.69) is 36.6 Å². The highest BCUT2D eigenvalue weighted by atomic mass is 16.2. The average molecular weight is 306 g/mol. The van der Waals surface area contributed by atoms with Crippen molar-refractivity contribution in [3.05, 3.63) is 47.7 Å². The normalized spacial score (nSPS) is 29.9. The minimum atomic E-state index is -0.0606. The standard InChI is InChI=1S/C20H22N2O/c1-3-20-10-6-11-21-12-9-15-14-7-4-5-8-16(14)22(17(15)18(20)21)19(23)13(20)2/h4-5,7-8,18H,2-3,6,9-12H2,1H3/t18-,20-/m0/s1. The zero-order chi connectivity index (χ0) is 15.8. The highest BCUT2D eigenvalue weighted by Crippen LogP contribution is 2.58. The summed E-state index contributed by atoms with van der Waals surface area (Å²) in [5, 5.41) is 1.26. The van der Waals surface area contributed by atoms with Gasteiger partial charge in [0.25, 0.3) is 5.91 Å². The van der Waals surface area contributed by atoms with E-state index in [1.54, 1.807) is 0 Å². The van der Waals surface area contributed by atoms with Gasteiger partial charge in [0.2, 0.25) is 0 Å². The number of fused-ring (bicyclic) bond motifs is 3. The number of para-hydroxylation sites is 1. The second-order valence-electron chi connectivity index (χ2n) is 7.30. The SMILES string of the molecule is C=C1C(=O)n2c3c(c4ccccc42)CCN2CCC[C@]1(CC)[C@H]32. The van der Waals surface area contributed by atoms with Gasteiger partial charge in [0.15, 0.2) is 0 Å². The highest BCUT2D eigenvalue weighted by Gasteiger charge is 2.55. The van der Waals surface area contributed by atoms with Gasteiger partial charge in [0, 0.05) is 28.6 Å². The van der Waals surface area contributed by atoms with E-state index in [0.717, 1.165) is 43.4 Å². The van der Waals surface area contributed by atoms with Crippen LogP contribution in [0.3, 0.4) is 0 Å². The number of hydrogen-bond donors (Lipinski definition) is 0. The first kappa shape index (κ1) is 13.6. The van der Waals surface area contributed by atoms with Crippen molar-refractivity contribution in [2.45, 2.75) is 38.6 Å². The Morgan fingerprint density at radius 2 is 2.13 bits per heavy atom. The predicted molar refractivity (Wildman–Crippen MR) is 91.7 cm³/mol. The van der Waals surface area contributed by atoms with E-state index in [1.165, 1.54) is 23.1 Å². The first-order valence-corrected chi connectivity index (χ1v) is 8.79. The summed E-state index contributed by atoms with van der Waals surface area (Å²) >= 11 is 0. The van der Waals surface area contributed by atoms with Crippen LogP contribution in [0.25, 0.3) is 10.9 Å². The molecule has 5 rings (SSSR count). The van der Waals surface area contributed by atoms with Crippen LogP contribution in [-0.4, -0.2) is 28.5 Å². The molecular formula is C20H22N2O. The molecule has 0 saturated carbocycles. The monoisotopic (exact) mass is 306 g/mol. The molecular weight excluding hydrogens is 284 g/mol. The maximum Gasteiger partial charge on any atom is 0.258 e. The van der Waals surface area contributed by atoms with Crippen molar-refractivity contribution in [3.8, 4) is 0 Å². The summed E-state index contributed by atoms with van der Waals surface area (Å²) in [4.78, 5) is 15.9. The molecule has 3 aliphatic heterocycles. The van der Waals surface area contributed by atoms with Gasteiger partial charge in [-0.3, -0.25) is 14.3 Å². The fraction of sp³-hybridized carbons (Fsp3) is 0.450. The van der Waals surface area contributed by atoms with Crippen molar-refractivity contribution in [1.82, 2.24) is 9.47 Å². The topological polar surface area (TPSA) is 25.2 Å². The van der Waals surface area contributed by atoms with Crippen LogP contribution in [0, 0.1) is 5.41 Å². The molecule has 0 unspecified atom stereocenters. The lowest BCUT2D eigenvalue weighted by Crippen LogP contribution is -2.54. The molecule has 1 aromatic carbocycles. The lowest BCUT2D eigenvalue weighted by Gasteiger charge is -2.55. The van der Waals surface area contributed by atoms with Crippen LogP contribution in [0.1, 0.15) is 48.3 Å². The van der Waals surface area contributed by atoms with Crippen LogP contribution in [0.4, 0.5) is 0 Å². The number of piperidine rings is 1. The van der Waals surface area contributed by atoms with Crippen LogP contribution in [0.5, 0.6) is 0 Å². The number of rotatable bonds is 1. The summed E-state index contributed by atoms with van der Waals surface area (Å²) in [5.74, 6) is 0.129. The summed E-state index contributed by atoms with van der Waals surface area (Å²) in [6, 6.07) is 8.73. The van der Waals surface area contributed by atoms with Gasteiger partial charge in [-0.05, 0) is 43.9 Å². The van der Waals surface area contributed by atoms with E-state index in [-0.39, 0.29) is 11.3 Å². The third-order valence-electron chi connectivity index (χ3n) is 6.58. The molecule has 1 fully saturated rings. The number of aromatic nitrogens is 1. The van der Waals surface area contributed by atoms with Crippen molar-refractivity contribution in [1.29, 1.82) is 0 Å². The first-order chi connectivity index (χ1) is 11.2. The smallest absolute Gasteiger partial charge is 0.258 e. The van der Waals surface area contributed by atoms with Crippen molar-refractivity contribution >= 4 is 16.8 Å². The molecule has 4 heterocycles. The van der Waals surface area contributed by atoms with Gasteiger partial charge >= 0.3 is 0 Å². The fourth-order valence-electron chi connectivity index (χ4n) is 5.49. The summed E-state index contributed by atoms with van der Waals surface area (Å²) in [6.07, 6.45) is 4.32. The van der Waals surface area contributed by atoms with Crippen molar-refractivity contribution in [2.24, 2.45) is 5.41 Å². The molecule has 1 saturated heterocycles. The molecule has 1 aromatic heterocycles. The second-order valence-corrected chi connectivity index (χ2v) is 7.30. The maximum absolute atomic E-state index is 13.2. The van der Waals surface area contributed by atoms with Crippen molar-refractivity contribution in [2.75, 3.05) is 13.1 Å². The van der Waals surface area contributed by atoms with Gasteiger partial charge in [0.1, 0.15) is 0 Å². The lowest BCUT2D eigenvalue weighted by atomic mass is 9.62. The Balaban J connectivity index is 1.92. The van der Waals surface area contributed by atoms with Gasteiger partial charge < -0.3 is 0 Å². The minimum Gasteiger partial charge on any atom is -0.294 e. The fourth-order valence-corrected chi connectivity index (χ4v) is 5.49. The molecule has 3 aliphatic rings. The highest BCUT2D eigenvalue weighted by molar-refractivity contribution is 6.06. The van der Waals surface area contributed by atoms with Gasteiger partial charge in [-0.2, -0.15) is 0 Å². The molecule has 23 heavy (non-hydrogen) atoms. The van der Waals surface area contributed by atoms with Crippen molar-refractivity contribution in [3.63, 3.8) is 0 Å². The number of hydrogen-bond acceptors (Lipinski definition) is 2. The van der Waals surface area contributed by atoms with Crippen LogP contribution in [0.2, 0.25) is 0 Å². The number of carbonyl (C=O) groups excluding carboxylic acids is 1. The number of benzene rings is 1. The van der Waals surface area contributed by atoms with E-state index in [4.69, 9.17) is 0 Å². The van der Waals surface area contributed by atoms with Crippen LogP contribution in [-0.2, 0) is 6.42 Å². The first-order valence-electron chi connectivity index (χ1n) is 8.79. The maximum atomic E-state index is 13.2. The molecule has 3 heteroatoms.